The molecule has 1 saturated carbocycles. The number of rotatable bonds is 5. The van der Waals surface area contributed by atoms with Crippen molar-refractivity contribution in [3.05, 3.63) is 81.4 Å². The maximum Gasteiger partial charge on any atom is 0.269 e. The molecule has 25 heavy (non-hydrogen) atoms. The molecule has 130 valence electrons. The monoisotopic (exact) mass is 337 g/mol. The van der Waals surface area contributed by atoms with Crippen molar-refractivity contribution >= 4 is 11.3 Å². The normalized spacial score (nSPS) is 19.5. The molecule has 1 atom stereocenters. The SMILES string of the molecule is O=[N+]([O-])c1ccc(/C(CCc2ccccc2)=C2/CCCCC2O)cc1. The molecule has 1 aliphatic carbocycles. The van der Waals surface area contributed by atoms with Crippen LogP contribution in [0.2, 0.25) is 0 Å². The summed E-state index contributed by atoms with van der Waals surface area (Å²) in [6.45, 7) is 0. The highest BCUT2D eigenvalue weighted by Gasteiger charge is 2.21. The Morgan fingerprint density at radius 2 is 1.80 bits per heavy atom. The molecule has 4 heteroatoms. The highest BCUT2D eigenvalue weighted by atomic mass is 16.6. The summed E-state index contributed by atoms with van der Waals surface area (Å²) >= 11 is 0. The van der Waals surface area contributed by atoms with Crippen LogP contribution in [0.1, 0.15) is 43.2 Å². The van der Waals surface area contributed by atoms with Crippen LogP contribution in [0.3, 0.4) is 0 Å². The number of hydrogen-bond acceptors (Lipinski definition) is 3. The van der Waals surface area contributed by atoms with Crippen LogP contribution in [0, 0.1) is 10.1 Å². The summed E-state index contributed by atoms with van der Waals surface area (Å²) in [5, 5.41) is 21.4. The lowest BCUT2D eigenvalue weighted by Gasteiger charge is -2.25. The minimum atomic E-state index is -0.394. The summed E-state index contributed by atoms with van der Waals surface area (Å²) in [6.07, 6.45) is 5.18. The van der Waals surface area contributed by atoms with Gasteiger partial charge in [-0.05, 0) is 66.5 Å². The zero-order valence-electron chi connectivity index (χ0n) is 14.2. The van der Waals surface area contributed by atoms with Gasteiger partial charge >= 0.3 is 0 Å². The first-order chi connectivity index (χ1) is 12.1. The zero-order chi connectivity index (χ0) is 17.6. The lowest BCUT2D eigenvalue weighted by Crippen LogP contribution is -2.17. The van der Waals surface area contributed by atoms with Gasteiger partial charge in [0, 0.05) is 12.1 Å². The zero-order valence-corrected chi connectivity index (χ0v) is 14.2. The smallest absolute Gasteiger partial charge is 0.269 e. The fourth-order valence-corrected chi connectivity index (χ4v) is 3.53. The second-order valence-corrected chi connectivity index (χ2v) is 6.55. The van der Waals surface area contributed by atoms with Crippen molar-refractivity contribution in [1.29, 1.82) is 0 Å². The number of nitrogens with zero attached hydrogens (tertiary/aromatic N) is 1. The number of allylic oxidation sites excluding steroid dienone is 1. The van der Waals surface area contributed by atoms with Crippen molar-refractivity contribution in [1.82, 2.24) is 0 Å². The molecule has 1 N–H and O–H groups in total. The summed E-state index contributed by atoms with van der Waals surface area (Å²) < 4.78 is 0. The Kier molecular flexibility index (Phi) is 5.61. The van der Waals surface area contributed by atoms with E-state index < -0.39 is 6.10 Å². The second kappa shape index (κ2) is 8.08. The number of non-ortho nitro benzene ring substituents is 1. The molecule has 2 aromatic carbocycles. The average molecular weight is 337 g/mol. The fraction of sp³-hybridized carbons (Fsp3) is 0.333. The van der Waals surface area contributed by atoms with Crippen molar-refractivity contribution in [3.63, 3.8) is 0 Å². The second-order valence-electron chi connectivity index (χ2n) is 6.55. The molecule has 0 saturated heterocycles. The number of nitro groups is 1. The quantitative estimate of drug-likeness (QED) is 0.622. The maximum atomic E-state index is 10.9. The van der Waals surface area contributed by atoms with Gasteiger partial charge in [0.25, 0.3) is 5.69 Å². The lowest BCUT2D eigenvalue weighted by molar-refractivity contribution is -0.384. The molecule has 0 amide bonds. The van der Waals surface area contributed by atoms with Crippen LogP contribution in [-0.4, -0.2) is 16.1 Å². The molecule has 0 bridgehead atoms. The third-order valence-corrected chi connectivity index (χ3v) is 4.90. The van der Waals surface area contributed by atoms with Gasteiger partial charge in [-0.1, -0.05) is 36.8 Å². The lowest BCUT2D eigenvalue weighted by atomic mass is 9.84. The Balaban J connectivity index is 1.91. The Morgan fingerprint density at radius 1 is 1.08 bits per heavy atom. The van der Waals surface area contributed by atoms with E-state index in [9.17, 15) is 15.2 Å². The van der Waals surface area contributed by atoms with E-state index in [0.717, 1.165) is 55.2 Å². The highest BCUT2D eigenvalue weighted by Crippen LogP contribution is 2.34. The van der Waals surface area contributed by atoms with E-state index in [4.69, 9.17) is 0 Å². The highest BCUT2D eigenvalue weighted by molar-refractivity contribution is 5.70. The van der Waals surface area contributed by atoms with Crippen molar-refractivity contribution < 1.29 is 10.0 Å². The molecular formula is C21H23NO3. The van der Waals surface area contributed by atoms with E-state index in [1.165, 1.54) is 5.56 Å². The van der Waals surface area contributed by atoms with Gasteiger partial charge in [0.05, 0.1) is 11.0 Å². The summed E-state index contributed by atoms with van der Waals surface area (Å²) in [6, 6.07) is 17.0. The van der Waals surface area contributed by atoms with Crippen molar-refractivity contribution in [2.45, 2.75) is 44.6 Å². The van der Waals surface area contributed by atoms with E-state index in [-0.39, 0.29) is 10.6 Å². The Labute approximate surface area is 148 Å². The van der Waals surface area contributed by atoms with Gasteiger partial charge in [0.15, 0.2) is 0 Å². The van der Waals surface area contributed by atoms with Crippen LogP contribution in [0.5, 0.6) is 0 Å². The van der Waals surface area contributed by atoms with E-state index in [1.807, 2.05) is 30.3 Å². The first kappa shape index (κ1) is 17.4. The third kappa shape index (κ3) is 4.34. The van der Waals surface area contributed by atoms with Crippen LogP contribution in [-0.2, 0) is 6.42 Å². The largest absolute Gasteiger partial charge is 0.389 e. The van der Waals surface area contributed by atoms with Crippen LogP contribution in [0.15, 0.2) is 60.2 Å². The predicted octanol–water partition coefficient (Wildman–Crippen LogP) is 4.92. The number of aliphatic hydroxyl groups excluding tert-OH is 1. The maximum absolute atomic E-state index is 10.9. The topological polar surface area (TPSA) is 63.4 Å². The van der Waals surface area contributed by atoms with Crippen LogP contribution < -0.4 is 0 Å². The van der Waals surface area contributed by atoms with Crippen LogP contribution >= 0.6 is 0 Å². The minimum Gasteiger partial charge on any atom is -0.389 e. The molecule has 0 aromatic heterocycles. The number of benzene rings is 2. The van der Waals surface area contributed by atoms with Gasteiger partial charge in [-0.3, -0.25) is 10.1 Å². The van der Waals surface area contributed by atoms with Crippen molar-refractivity contribution in [2.24, 2.45) is 0 Å². The molecule has 0 spiro atoms. The van der Waals surface area contributed by atoms with E-state index in [0.29, 0.717) is 0 Å². The van der Waals surface area contributed by atoms with Crippen LogP contribution in [0.4, 0.5) is 5.69 Å². The Morgan fingerprint density at radius 3 is 2.44 bits per heavy atom. The number of nitro benzene ring substituents is 1. The minimum absolute atomic E-state index is 0.0975. The molecule has 2 aromatic rings. The molecule has 1 unspecified atom stereocenters. The molecule has 0 heterocycles. The fourth-order valence-electron chi connectivity index (χ4n) is 3.53. The Bertz CT molecular complexity index is 750. The molecule has 0 radical (unpaired) electrons. The van der Waals surface area contributed by atoms with Gasteiger partial charge in [-0.25, -0.2) is 0 Å². The van der Waals surface area contributed by atoms with E-state index in [2.05, 4.69) is 12.1 Å². The van der Waals surface area contributed by atoms with Gasteiger partial charge in [-0.2, -0.15) is 0 Å². The van der Waals surface area contributed by atoms with Gasteiger partial charge < -0.3 is 5.11 Å². The summed E-state index contributed by atoms with van der Waals surface area (Å²) in [5.74, 6) is 0. The predicted molar refractivity (Wildman–Crippen MR) is 99.3 cm³/mol. The molecule has 0 aliphatic heterocycles. The van der Waals surface area contributed by atoms with Crippen LogP contribution in [0.25, 0.3) is 5.57 Å². The Hall–Kier alpha value is -2.46. The van der Waals surface area contributed by atoms with Gasteiger partial charge in [0.1, 0.15) is 0 Å². The van der Waals surface area contributed by atoms with Gasteiger partial charge in [0.2, 0.25) is 0 Å². The summed E-state index contributed by atoms with van der Waals surface area (Å²) in [5.41, 5.74) is 4.59. The molecule has 3 rings (SSSR count). The first-order valence-electron chi connectivity index (χ1n) is 8.84. The summed E-state index contributed by atoms with van der Waals surface area (Å²) in [4.78, 5) is 10.5. The van der Waals surface area contributed by atoms with E-state index >= 15 is 0 Å². The van der Waals surface area contributed by atoms with E-state index in [1.54, 1.807) is 12.1 Å². The number of aryl methyl sites for hydroxylation is 1. The van der Waals surface area contributed by atoms with Crippen molar-refractivity contribution in [2.75, 3.05) is 0 Å². The van der Waals surface area contributed by atoms with Gasteiger partial charge in [-0.15, -0.1) is 0 Å². The average Bonchev–Trinajstić information content (AvgIpc) is 2.64. The molecular weight excluding hydrogens is 314 g/mol. The standard InChI is InChI=1S/C21H23NO3/c23-21-9-5-4-8-20(21)19(15-10-16-6-2-1-3-7-16)17-11-13-18(14-12-17)22(24)25/h1-3,6-7,11-14,21,23H,4-5,8-10,15H2/b20-19-. The molecule has 1 aliphatic rings. The first-order valence-corrected chi connectivity index (χ1v) is 8.84. The summed E-state index contributed by atoms with van der Waals surface area (Å²) in [7, 11) is 0. The molecule has 1 fully saturated rings. The molecule has 4 nitrogen and oxygen atoms in total. The van der Waals surface area contributed by atoms with Crippen molar-refractivity contribution in [3.8, 4) is 0 Å². The third-order valence-electron chi connectivity index (χ3n) is 4.90. The number of aliphatic hydroxyl groups is 1. The number of hydrogen-bond donors (Lipinski definition) is 1.